The van der Waals surface area contributed by atoms with Crippen LogP contribution in [0, 0.1) is 50.7 Å². The van der Waals surface area contributed by atoms with E-state index in [1.165, 1.54) is 0 Å². The van der Waals surface area contributed by atoms with Gasteiger partial charge in [-0.25, -0.2) is 0 Å². The van der Waals surface area contributed by atoms with Gasteiger partial charge >= 0.3 is 0 Å². The lowest BCUT2D eigenvalue weighted by Crippen LogP contribution is -2.63. The van der Waals surface area contributed by atoms with Gasteiger partial charge in [0.05, 0.1) is 30.5 Å². The number of fused-ring (bicyclic) bond motifs is 2. The summed E-state index contributed by atoms with van der Waals surface area (Å²) >= 11 is 0. The molecule has 0 aromatic rings. The maximum atomic E-state index is 14.5. The molecule has 2 saturated heterocycles. The molecule has 5 N–H and O–H groups in total. The summed E-state index contributed by atoms with van der Waals surface area (Å²) in [6, 6.07) is 0. The highest BCUT2D eigenvalue weighted by Gasteiger charge is 2.85. The molecule has 2 unspecified atom stereocenters. The van der Waals surface area contributed by atoms with E-state index in [0.29, 0.717) is 25.2 Å². The molecule has 16 atom stereocenters. The lowest BCUT2D eigenvalue weighted by Gasteiger charge is -2.63. The quantitative estimate of drug-likeness (QED) is 0.288. The first kappa shape index (κ1) is 32.9. The van der Waals surface area contributed by atoms with Crippen LogP contribution in [0.1, 0.15) is 106 Å². The standard InChI is InChI=1S/C36H58O9/c1-18(2)21-8-10-34(7,45-21)29-20(39)15-33(6)23-14-19(38)28-31(3,4)24(44-30-27(42)26(41)25(40)22(16-37)43-30)9-11-36(28)17-35(23,36)13-12-32(29,33)5/h18,20-30,37,39-42H,8-17H2,1-7H3/t20-,21?,22+,23-,24?,25+,26-,27+,28-,29-,30-,32+,33-,34-,35-,36+/m0/s1. The number of carbonyl (C=O) groups excluding carboxylic acids is 1. The van der Waals surface area contributed by atoms with Gasteiger partial charge in [-0.2, -0.15) is 0 Å². The Balaban J connectivity index is 1.15. The van der Waals surface area contributed by atoms with Crippen LogP contribution in [0.5, 0.6) is 0 Å². The Morgan fingerprint density at radius 3 is 2.24 bits per heavy atom. The van der Waals surface area contributed by atoms with Crippen molar-refractivity contribution >= 4 is 5.78 Å². The van der Waals surface area contributed by atoms with Crippen LogP contribution in [0.15, 0.2) is 0 Å². The van der Waals surface area contributed by atoms with Crippen molar-refractivity contribution in [1.82, 2.24) is 0 Å². The summed E-state index contributed by atoms with van der Waals surface area (Å²) in [6.45, 7) is 15.2. The van der Waals surface area contributed by atoms with E-state index < -0.39 is 54.9 Å². The minimum absolute atomic E-state index is 0.0396. The fraction of sp³-hybridized carbons (Fsp3) is 0.972. The average molecular weight is 635 g/mol. The molecule has 45 heavy (non-hydrogen) atoms. The number of ketones is 1. The zero-order valence-corrected chi connectivity index (χ0v) is 28.4. The van der Waals surface area contributed by atoms with Gasteiger partial charge in [-0.3, -0.25) is 4.79 Å². The second-order valence-corrected chi connectivity index (χ2v) is 18.2. The Kier molecular flexibility index (Phi) is 7.44. The molecule has 7 rings (SSSR count). The highest BCUT2D eigenvalue weighted by atomic mass is 16.7. The van der Waals surface area contributed by atoms with Crippen LogP contribution in [0.25, 0.3) is 0 Å². The molecule has 5 aliphatic carbocycles. The molecule has 0 aromatic carbocycles. The molecule has 7 fully saturated rings. The van der Waals surface area contributed by atoms with Gasteiger partial charge in [0.2, 0.25) is 0 Å². The van der Waals surface area contributed by atoms with Gasteiger partial charge in [-0.1, -0.05) is 41.5 Å². The first-order valence-corrected chi connectivity index (χ1v) is 17.8. The van der Waals surface area contributed by atoms with Crippen LogP contribution in [-0.2, 0) is 19.0 Å². The van der Waals surface area contributed by atoms with Crippen molar-refractivity contribution in [1.29, 1.82) is 0 Å². The minimum Gasteiger partial charge on any atom is -0.394 e. The normalized spacial score (nSPS) is 58.5. The number of rotatable bonds is 5. The van der Waals surface area contributed by atoms with E-state index in [1.54, 1.807) is 0 Å². The van der Waals surface area contributed by atoms with Crippen LogP contribution in [0.4, 0.5) is 0 Å². The summed E-state index contributed by atoms with van der Waals surface area (Å²) in [5, 5.41) is 52.9. The fourth-order valence-corrected chi connectivity index (χ4v) is 13.4. The lowest BCUT2D eigenvalue weighted by molar-refractivity contribution is -0.325. The number of aliphatic hydroxyl groups is 5. The van der Waals surface area contributed by atoms with Crippen LogP contribution >= 0.6 is 0 Å². The van der Waals surface area contributed by atoms with E-state index in [-0.39, 0.29) is 56.9 Å². The van der Waals surface area contributed by atoms with E-state index in [9.17, 15) is 30.3 Å². The van der Waals surface area contributed by atoms with Gasteiger partial charge in [0, 0.05) is 23.7 Å². The van der Waals surface area contributed by atoms with Crippen LogP contribution in [0.2, 0.25) is 0 Å². The van der Waals surface area contributed by atoms with Crippen molar-refractivity contribution < 1.29 is 44.5 Å². The molecular formula is C36H58O9. The van der Waals surface area contributed by atoms with Crippen LogP contribution < -0.4 is 0 Å². The van der Waals surface area contributed by atoms with Crippen molar-refractivity contribution in [3.05, 3.63) is 0 Å². The van der Waals surface area contributed by atoms with Crippen LogP contribution in [0.3, 0.4) is 0 Å². The van der Waals surface area contributed by atoms with E-state index >= 15 is 0 Å². The second kappa shape index (κ2) is 10.2. The number of hydrogen-bond donors (Lipinski definition) is 5. The Labute approximate surface area is 268 Å². The molecule has 7 aliphatic rings. The predicted molar refractivity (Wildman–Crippen MR) is 165 cm³/mol. The second-order valence-electron chi connectivity index (χ2n) is 18.2. The van der Waals surface area contributed by atoms with Crippen molar-refractivity contribution in [3.8, 4) is 0 Å². The molecule has 2 spiro atoms. The Morgan fingerprint density at radius 1 is 0.889 bits per heavy atom. The molecule has 256 valence electrons. The summed E-state index contributed by atoms with van der Waals surface area (Å²) in [4.78, 5) is 14.5. The first-order chi connectivity index (χ1) is 20.9. The van der Waals surface area contributed by atoms with Gasteiger partial charge < -0.3 is 39.7 Å². The first-order valence-electron chi connectivity index (χ1n) is 17.8. The van der Waals surface area contributed by atoms with Gasteiger partial charge in [0.25, 0.3) is 0 Å². The summed E-state index contributed by atoms with van der Waals surface area (Å²) in [5.41, 5.74) is -1.24. The number of ether oxygens (including phenoxy) is 3. The van der Waals surface area contributed by atoms with Gasteiger partial charge in [0.15, 0.2) is 6.29 Å². The highest BCUT2D eigenvalue weighted by molar-refractivity contribution is 5.86. The summed E-state index contributed by atoms with van der Waals surface area (Å²) in [7, 11) is 0. The van der Waals surface area contributed by atoms with E-state index in [1.807, 2.05) is 0 Å². The number of Topliss-reactive ketones (excluding diaryl/α,β-unsaturated/α-hetero) is 1. The van der Waals surface area contributed by atoms with Crippen molar-refractivity contribution in [2.24, 2.45) is 50.7 Å². The molecule has 0 radical (unpaired) electrons. The van der Waals surface area contributed by atoms with Crippen LogP contribution in [-0.4, -0.2) is 92.5 Å². The van der Waals surface area contributed by atoms with Crippen molar-refractivity contribution in [2.45, 2.75) is 161 Å². The van der Waals surface area contributed by atoms with E-state index in [4.69, 9.17) is 14.2 Å². The molecule has 9 heteroatoms. The topological polar surface area (TPSA) is 146 Å². The maximum absolute atomic E-state index is 14.5. The molecule has 2 heterocycles. The third-order valence-corrected chi connectivity index (χ3v) is 15.6. The van der Waals surface area contributed by atoms with Crippen molar-refractivity contribution in [2.75, 3.05) is 6.61 Å². The summed E-state index contributed by atoms with van der Waals surface area (Å²) in [6.07, 6.45) is 0.614. The van der Waals surface area contributed by atoms with Gasteiger partial charge in [-0.15, -0.1) is 0 Å². The lowest BCUT2D eigenvalue weighted by atomic mass is 9.41. The molecule has 9 nitrogen and oxygen atoms in total. The zero-order valence-electron chi connectivity index (χ0n) is 28.4. The van der Waals surface area contributed by atoms with Gasteiger partial charge in [-0.05, 0) is 91.8 Å². The molecule has 0 bridgehead atoms. The fourth-order valence-electron chi connectivity index (χ4n) is 13.4. The van der Waals surface area contributed by atoms with E-state index in [0.717, 1.165) is 38.5 Å². The maximum Gasteiger partial charge on any atom is 0.186 e. The molecule has 0 aromatic heterocycles. The monoisotopic (exact) mass is 634 g/mol. The van der Waals surface area contributed by atoms with Crippen molar-refractivity contribution in [3.63, 3.8) is 0 Å². The summed E-state index contributed by atoms with van der Waals surface area (Å²) in [5.74, 6) is 0.797. The van der Waals surface area contributed by atoms with E-state index in [2.05, 4.69) is 48.5 Å². The number of aliphatic hydroxyl groups excluding tert-OH is 5. The SMILES string of the molecule is CC(C)C1CC[C@@](C)([C@H]2[C@@H](O)C[C@@]3(C)[C@@H]4CC(=O)[C@H]5C(C)(C)C(O[C@@H]6O[C@H](CO)[C@@H](O)[C@H](O)[C@H]6O)CC[C@@]56C[C@@]46CC[C@]23C)O1. The average Bonchev–Trinajstić information content (AvgIpc) is 3.32. The molecule has 5 saturated carbocycles. The third-order valence-electron chi connectivity index (χ3n) is 15.6. The third kappa shape index (κ3) is 4.11. The molecule has 0 amide bonds. The Morgan fingerprint density at radius 2 is 1.60 bits per heavy atom. The zero-order chi connectivity index (χ0) is 32.7. The summed E-state index contributed by atoms with van der Waals surface area (Å²) < 4.78 is 18.9. The number of carbonyl (C=O) groups is 1. The number of hydrogen-bond acceptors (Lipinski definition) is 9. The highest BCUT2D eigenvalue weighted by Crippen LogP contribution is 2.88. The Bertz CT molecular complexity index is 1200. The smallest absolute Gasteiger partial charge is 0.186 e. The molecular weight excluding hydrogens is 576 g/mol. The largest absolute Gasteiger partial charge is 0.394 e. The molecule has 2 aliphatic heterocycles. The minimum atomic E-state index is -1.50. The van der Waals surface area contributed by atoms with Gasteiger partial charge in [0.1, 0.15) is 30.2 Å². The predicted octanol–water partition coefficient (Wildman–Crippen LogP) is 3.35. The Hall–Kier alpha value is -0.650.